The summed E-state index contributed by atoms with van der Waals surface area (Å²) in [6, 6.07) is 4.58. The molecule has 0 saturated heterocycles. The van der Waals surface area contributed by atoms with Crippen LogP contribution in [0.2, 0.25) is 10.0 Å². The van der Waals surface area contributed by atoms with Gasteiger partial charge in [-0.2, -0.15) is 0 Å². The normalized spacial score (nSPS) is 15.9. The van der Waals surface area contributed by atoms with Gasteiger partial charge in [-0.1, -0.05) is 23.2 Å². The van der Waals surface area contributed by atoms with E-state index in [2.05, 4.69) is 10.6 Å². The highest BCUT2D eigenvalue weighted by Crippen LogP contribution is 2.47. The van der Waals surface area contributed by atoms with Gasteiger partial charge in [0.1, 0.15) is 0 Å². The van der Waals surface area contributed by atoms with Crippen molar-refractivity contribution in [3.8, 4) is 0 Å². The van der Waals surface area contributed by atoms with Crippen molar-refractivity contribution in [3.63, 3.8) is 0 Å². The maximum absolute atomic E-state index is 11.8. The molecule has 0 spiro atoms. The van der Waals surface area contributed by atoms with Crippen molar-refractivity contribution >= 4 is 34.9 Å². The van der Waals surface area contributed by atoms with E-state index in [9.17, 15) is 4.79 Å². The molecule has 1 aliphatic rings. The fourth-order valence-electron chi connectivity index (χ4n) is 1.96. The predicted molar refractivity (Wildman–Crippen MR) is 76.9 cm³/mol. The van der Waals surface area contributed by atoms with Gasteiger partial charge in [0.15, 0.2) is 0 Å². The number of anilines is 1. The maximum atomic E-state index is 11.8. The SMILES string of the molecule is O=C(NCC1(CCO)CC1)Nc1cc(Cl)ccc1Cl. The van der Waals surface area contributed by atoms with E-state index in [-0.39, 0.29) is 18.1 Å². The lowest BCUT2D eigenvalue weighted by molar-refractivity contribution is 0.234. The van der Waals surface area contributed by atoms with Gasteiger partial charge < -0.3 is 15.7 Å². The summed E-state index contributed by atoms with van der Waals surface area (Å²) in [6.07, 6.45) is 2.82. The van der Waals surface area contributed by atoms with Crippen molar-refractivity contribution in [2.75, 3.05) is 18.5 Å². The van der Waals surface area contributed by atoms with Gasteiger partial charge in [0.2, 0.25) is 0 Å². The summed E-state index contributed by atoms with van der Waals surface area (Å²) in [6.45, 7) is 0.723. The molecule has 0 heterocycles. The zero-order valence-corrected chi connectivity index (χ0v) is 11.9. The molecule has 1 aromatic carbocycles. The molecule has 0 aliphatic heterocycles. The molecule has 0 unspecified atom stereocenters. The molecular formula is C13H16Cl2N2O2. The first-order valence-electron chi connectivity index (χ1n) is 6.15. The molecule has 1 aliphatic carbocycles. The molecule has 0 atom stereocenters. The summed E-state index contributed by atoms with van der Waals surface area (Å²) in [4.78, 5) is 11.8. The second-order valence-corrected chi connectivity index (χ2v) is 5.75. The Morgan fingerprint density at radius 2 is 2.11 bits per heavy atom. The molecule has 0 radical (unpaired) electrons. The van der Waals surface area contributed by atoms with Crippen LogP contribution in [0.5, 0.6) is 0 Å². The second kappa shape index (κ2) is 5.99. The number of aliphatic hydroxyl groups excluding tert-OH is 1. The monoisotopic (exact) mass is 302 g/mol. The molecule has 1 aromatic rings. The van der Waals surface area contributed by atoms with Crippen LogP contribution in [-0.4, -0.2) is 24.3 Å². The second-order valence-electron chi connectivity index (χ2n) is 4.91. The topological polar surface area (TPSA) is 61.4 Å². The third kappa shape index (κ3) is 4.00. The first-order valence-corrected chi connectivity index (χ1v) is 6.91. The minimum absolute atomic E-state index is 0.0875. The Kier molecular flexibility index (Phi) is 4.55. The number of amides is 2. The maximum Gasteiger partial charge on any atom is 0.319 e. The number of hydrogen-bond acceptors (Lipinski definition) is 2. The summed E-state index contributed by atoms with van der Waals surface area (Å²) in [5.41, 5.74) is 0.572. The number of benzene rings is 1. The van der Waals surface area contributed by atoms with Crippen LogP contribution in [0.4, 0.5) is 10.5 Å². The number of hydrogen-bond donors (Lipinski definition) is 3. The zero-order chi connectivity index (χ0) is 13.9. The van der Waals surface area contributed by atoms with Gasteiger partial charge in [-0.05, 0) is 42.9 Å². The van der Waals surface area contributed by atoms with E-state index < -0.39 is 0 Å². The van der Waals surface area contributed by atoms with E-state index in [1.807, 2.05) is 0 Å². The average Bonchev–Trinajstić information content (AvgIpc) is 3.12. The molecular weight excluding hydrogens is 287 g/mol. The van der Waals surface area contributed by atoms with E-state index >= 15 is 0 Å². The van der Waals surface area contributed by atoms with Crippen molar-refractivity contribution in [3.05, 3.63) is 28.2 Å². The van der Waals surface area contributed by atoms with Crippen molar-refractivity contribution in [1.82, 2.24) is 5.32 Å². The van der Waals surface area contributed by atoms with E-state index in [0.717, 1.165) is 19.3 Å². The van der Waals surface area contributed by atoms with Crippen LogP contribution in [0.1, 0.15) is 19.3 Å². The van der Waals surface area contributed by atoms with Crippen molar-refractivity contribution in [1.29, 1.82) is 0 Å². The van der Waals surface area contributed by atoms with Crippen molar-refractivity contribution in [2.45, 2.75) is 19.3 Å². The number of halogens is 2. The summed E-state index contributed by atoms with van der Waals surface area (Å²) in [5, 5.41) is 15.4. The van der Waals surface area contributed by atoms with Crippen LogP contribution in [0, 0.1) is 5.41 Å². The molecule has 0 bridgehead atoms. The standard InChI is InChI=1S/C13H16Cl2N2O2/c14-9-1-2-10(15)11(7-9)17-12(19)16-8-13(3-4-13)5-6-18/h1-2,7,18H,3-6,8H2,(H2,16,17,19). The van der Waals surface area contributed by atoms with Gasteiger partial charge in [0, 0.05) is 18.2 Å². The zero-order valence-electron chi connectivity index (χ0n) is 10.4. The Morgan fingerprint density at radius 1 is 1.37 bits per heavy atom. The molecule has 19 heavy (non-hydrogen) atoms. The Bertz CT molecular complexity index is 476. The van der Waals surface area contributed by atoms with E-state index in [0.29, 0.717) is 22.3 Å². The predicted octanol–water partition coefficient (Wildman–Crippen LogP) is 3.28. The summed E-state index contributed by atoms with van der Waals surface area (Å²) < 4.78 is 0. The van der Waals surface area contributed by atoms with Crippen LogP contribution in [0.3, 0.4) is 0 Å². The number of carbonyl (C=O) groups excluding carboxylic acids is 1. The van der Waals surface area contributed by atoms with Gasteiger partial charge >= 0.3 is 6.03 Å². The largest absolute Gasteiger partial charge is 0.396 e. The lowest BCUT2D eigenvalue weighted by atomic mass is 10.0. The molecule has 6 heteroatoms. The van der Waals surface area contributed by atoms with Gasteiger partial charge in [-0.25, -0.2) is 4.79 Å². The third-order valence-electron chi connectivity index (χ3n) is 3.40. The van der Waals surface area contributed by atoms with Crippen LogP contribution in [-0.2, 0) is 0 Å². The minimum atomic E-state index is -0.312. The smallest absolute Gasteiger partial charge is 0.319 e. The summed E-state index contributed by atoms with van der Waals surface area (Å²) in [7, 11) is 0. The highest BCUT2D eigenvalue weighted by molar-refractivity contribution is 6.35. The summed E-state index contributed by atoms with van der Waals surface area (Å²) >= 11 is 11.8. The minimum Gasteiger partial charge on any atom is -0.396 e. The van der Waals surface area contributed by atoms with Crippen molar-refractivity contribution < 1.29 is 9.90 Å². The highest BCUT2D eigenvalue weighted by atomic mass is 35.5. The summed E-state index contributed by atoms with van der Waals surface area (Å²) in [5.74, 6) is 0. The van der Waals surface area contributed by atoms with Gasteiger partial charge in [0.05, 0.1) is 10.7 Å². The number of aliphatic hydroxyl groups is 1. The van der Waals surface area contributed by atoms with E-state index in [1.165, 1.54) is 0 Å². The Labute approximate surface area is 122 Å². The number of rotatable bonds is 5. The lowest BCUT2D eigenvalue weighted by Crippen LogP contribution is -2.34. The first kappa shape index (κ1) is 14.4. The molecule has 1 fully saturated rings. The number of urea groups is 1. The quantitative estimate of drug-likeness (QED) is 0.781. The lowest BCUT2D eigenvalue weighted by Gasteiger charge is -2.15. The molecule has 4 nitrogen and oxygen atoms in total. The molecule has 1 saturated carbocycles. The van der Waals surface area contributed by atoms with Crippen LogP contribution in [0.25, 0.3) is 0 Å². The fourth-order valence-corrected chi connectivity index (χ4v) is 2.29. The Hall–Kier alpha value is -0.970. The molecule has 2 rings (SSSR count). The Morgan fingerprint density at radius 3 is 2.74 bits per heavy atom. The van der Waals surface area contributed by atoms with Crippen LogP contribution < -0.4 is 10.6 Å². The first-order chi connectivity index (χ1) is 9.04. The number of carbonyl (C=O) groups is 1. The molecule has 2 amide bonds. The molecule has 3 N–H and O–H groups in total. The number of nitrogens with one attached hydrogen (secondary N) is 2. The highest BCUT2D eigenvalue weighted by Gasteiger charge is 2.41. The average molecular weight is 303 g/mol. The van der Waals surface area contributed by atoms with Gasteiger partial charge in [-0.3, -0.25) is 0 Å². The van der Waals surface area contributed by atoms with Crippen LogP contribution in [0.15, 0.2) is 18.2 Å². The van der Waals surface area contributed by atoms with Crippen molar-refractivity contribution in [2.24, 2.45) is 5.41 Å². The van der Waals surface area contributed by atoms with Gasteiger partial charge in [0.25, 0.3) is 0 Å². The molecule has 0 aromatic heterocycles. The third-order valence-corrected chi connectivity index (χ3v) is 3.96. The van der Waals surface area contributed by atoms with E-state index in [4.69, 9.17) is 28.3 Å². The Balaban J connectivity index is 1.86. The fraction of sp³-hybridized carbons (Fsp3) is 0.462. The molecule has 104 valence electrons. The van der Waals surface area contributed by atoms with Gasteiger partial charge in [-0.15, -0.1) is 0 Å². The van der Waals surface area contributed by atoms with Crippen LogP contribution >= 0.6 is 23.2 Å². The van der Waals surface area contributed by atoms with E-state index in [1.54, 1.807) is 18.2 Å².